The summed E-state index contributed by atoms with van der Waals surface area (Å²) >= 11 is 0. The first-order chi connectivity index (χ1) is 15.4. The molecule has 32 heavy (non-hydrogen) atoms. The van der Waals surface area contributed by atoms with Gasteiger partial charge >= 0.3 is 6.03 Å². The molecule has 1 aliphatic rings. The predicted octanol–water partition coefficient (Wildman–Crippen LogP) is 4.40. The summed E-state index contributed by atoms with van der Waals surface area (Å²) in [5.41, 5.74) is 4.20. The Labute approximate surface area is 185 Å². The van der Waals surface area contributed by atoms with Crippen LogP contribution in [0.2, 0.25) is 0 Å². The number of carbonyl (C=O) groups excluding carboxylic acids is 2. The van der Waals surface area contributed by atoms with Gasteiger partial charge in [0.05, 0.1) is 11.4 Å². The fourth-order valence-electron chi connectivity index (χ4n) is 3.77. The summed E-state index contributed by atoms with van der Waals surface area (Å²) in [5, 5.41) is 5.45. The van der Waals surface area contributed by atoms with Gasteiger partial charge in [-0.2, -0.15) is 0 Å². The van der Waals surface area contributed by atoms with E-state index in [0.29, 0.717) is 22.6 Å². The molecule has 6 nitrogen and oxygen atoms in total. The van der Waals surface area contributed by atoms with Crippen molar-refractivity contribution < 1.29 is 14.0 Å². The zero-order chi connectivity index (χ0) is 22.8. The first-order valence-corrected chi connectivity index (χ1v) is 10.2. The molecule has 7 heteroatoms. The normalized spacial score (nSPS) is 15.5. The van der Waals surface area contributed by atoms with Crippen LogP contribution in [0.25, 0.3) is 0 Å². The number of urea groups is 1. The van der Waals surface area contributed by atoms with E-state index in [1.165, 1.54) is 11.0 Å². The molecule has 3 amide bonds. The summed E-state index contributed by atoms with van der Waals surface area (Å²) in [7, 11) is 1.61. The third kappa shape index (κ3) is 3.97. The Morgan fingerprint density at radius 1 is 0.938 bits per heavy atom. The quantitative estimate of drug-likeness (QED) is 0.646. The van der Waals surface area contributed by atoms with Gasteiger partial charge in [-0.3, -0.25) is 4.79 Å². The molecule has 3 aromatic carbocycles. The van der Waals surface area contributed by atoms with Crippen LogP contribution < -0.4 is 15.5 Å². The molecule has 3 aromatic rings. The lowest BCUT2D eigenvalue weighted by Crippen LogP contribution is -2.47. The molecule has 0 spiro atoms. The summed E-state index contributed by atoms with van der Waals surface area (Å²) in [5.74, 6) is -0.891. The molecule has 1 heterocycles. The summed E-state index contributed by atoms with van der Waals surface area (Å²) < 4.78 is 14.7. The number of fused-ring (bicyclic) bond motifs is 1. The van der Waals surface area contributed by atoms with Crippen LogP contribution in [0.15, 0.2) is 71.7 Å². The third-order valence-electron chi connectivity index (χ3n) is 5.46. The molecule has 2 N–H and O–H groups in total. The molecule has 0 saturated heterocycles. The van der Waals surface area contributed by atoms with Gasteiger partial charge in [-0.25, -0.2) is 14.2 Å². The Kier molecular flexibility index (Phi) is 5.73. The van der Waals surface area contributed by atoms with Crippen molar-refractivity contribution in [3.8, 4) is 0 Å². The van der Waals surface area contributed by atoms with E-state index in [1.807, 2.05) is 32.0 Å². The van der Waals surface area contributed by atoms with Gasteiger partial charge in [0.25, 0.3) is 5.91 Å². The van der Waals surface area contributed by atoms with Gasteiger partial charge in [0.1, 0.15) is 5.82 Å². The molecule has 0 aliphatic carbocycles. The van der Waals surface area contributed by atoms with Crippen LogP contribution in [0.1, 0.15) is 22.3 Å². The van der Waals surface area contributed by atoms with Crippen molar-refractivity contribution >= 4 is 29.0 Å². The molecule has 0 fully saturated rings. The van der Waals surface area contributed by atoms with Gasteiger partial charge in [0.2, 0.25) is 6.17 Å². The molecular formula is C25H23FN4O2. The molecule has 0 aromatic heterocycles. The number of carbonyl (C=O) groups is 2. The van der Waals surface area contributed by atoms with E-state index in [2.05, 4.69) is 15.6 Å². The minimum Gasteiger partial charge on any atom is -0.311 e. The summed E-state index contributed by atoms with van der Waals surface area (Å²) in [4.78, 5) is 31.9. The van der Waals surface area contributed by atoms with Gasteiger partial charge in [-0.1, -0.05) is 48.5 Å². The molecule has 0 bridgehead atoms. The van der Waals surface area contributed by atoms with Crippen molar-refractivity contribution in [3.05, 3.63) is 94.8 Å². The standard InChI is InChI=1S/C25H23FN4O2/c1-15-9-8-10-16(2)21(15)28-25(32)29-23-24(31)30(3)20-14-7-5-12-18(20)22(27-23)17-11-4-6-13-19(17)26/h4-14,23H,1-3H3,(H2,28,29,32). The number of amides is 3. The highest BCUT2D eigenvalue weighted by molar-refractivity contribution is 6.20. The largest absolute Gasteiger partial charge is 0.321 e. The van der Waals surface area contributed by atoms with Gasteiger partial charge in [0, 0.05) is 23.9 Å². The second-order valence-electron chi connectivity index (χ2n) is 7.64. The van der Waals surface area contributed by atoms with Crippen LogP contribution in [0.3, 0.4) is 0 Å². The van der Waals surface area contributed by atoms with Gasteiger partial charge in [-0.15, -0.1) is 0 Å². The van der Waals surface area contributed by atoms with Crippen LogP contribution in [0.4, 0.5) is 20.6 Å². The Bertz CT molecular complexity index is 1220. The Morgan fingerprint density at radius 2 is 1.56 bits per heavy atom. The number of aryl methyl sites for hydroxylation is 2. The van der Waals surface area contributed by atoms with Crippen molar-refractivity contribution in [1.82, 2.24) is 5.32 Å². The van der Waals surface area contributed by atoms with E-state index < -0.39 is 23.9 Å². The first kappa shape index (κ1) is 21.2. The maximum absolute atomic E-state index is 14.7. The molecule has 1 atom stereocenters. The first-order valence-electron chi connectivity index (χ1n) is 10.2. The summed E-state index contributed by atoms with van der Waals surface area (Å²) in [6, 6.07) is 18.5. The second-order valence-corrected chi connectivity index (χ2v) is 7.64. The van der Waals surface area contributed by atoms with Crippen LogP contribution in [0, 0.1) is 19.7 Å². The fraction of sp³-hybridized carbons (Fsp3) is 0.160. The molecule has 162 valence electrons. The Hall–Kier alpha value is -4.00. The monoisotopic (exact) mass is 430 g/mol. The highest BCUT2D eigenvalue weighted by Crippen LogP contribution is 2.28. The number of anilines is 2. The van der Waals surface area contributed by atoms with Crippen molar-refractivity contribution in [2.75, 3.05) is 17.3 Å². The highest BCUT2D eigenvalue weighted by atomic mass is 19.1. The lowest BCUT2D eigenvalue weighted by Gasteiger charge is -2.21. The van der Waals surface area contributed by atoms with Crippen LogP contribution in [-0.2, 0) is 4.79 Å². The number of benzodiazepines with no additional fused rings is 1. The maximum atomic E-state index is 14.7. The third-order valence-corrected chi connectivity index (χ3v) is 5.46. The summed E-state index contributed by atoms with van der Waals surface area (Å²) in [6.07, 6.45) is -1.23. The molecule has 4 rings (SSSR count). The number of hydrogen-bond donors (Lipinski definition) is 2. The summed E-state index contributed by atoms with van der Waals surface area (Å²) in [6.45, 7) is 3.77. The van der Waals surface area contributed by atoms with E-state index in [9.17, 15) is 14.0 Å². The smallest absolute Gasteiger partial charge is 0.311 e. The van der Waals surface area contributed by atoms with Crippen LogP contribution >= 0.6 is 0 Å². The van der Waals surface area contributed by atoms with Crippen LogP contribution in [-0.4, -0.2) is 30.9 Å². The average Bonchev–Trinajstić information content (AvgIpc) is 2.88. The number of halogens is 1. The van der Waals surface area contributed by atoms with Crippen molar-refractivity contribution in [1.29, 1.82) is 0 Å². The van der Waals surface area contributed by atoms with E-state index in [-0.39, 0.29) is 5.56 Å². The molecular weight excluding hydrogens is 407 g/mol. The molecule has 1 unspecified atom stereocenters. The maximum Gasteiger partial charge on any atom is 0.321 e. The van der Waals surface area contributed by atoms with E-state index in [4.69, 9.17) is 0 Å². The highest BCUT2D eigenvalue weighted by Gasteiger charge is 2.31. The van der Waals surface area contributed by atoms with Crippen molar-refractivity contribution in [2.45, 2.75) is 20.0 Å². The number of hydrogen-bond acceptors (Lipinski definition) is 3. The fourth-order valence-corrected chi connectivity index (χ4v) is 3.77. The van der Waals surface area contributed by atoms with Gasteiger partial charge in [-0.05, 0) is 43.2 Å². The minimum atomic E-state index is -1.23. The number of nitrogens with zero attached hydrogens (tertiary/aromatic N) is 2. The topological polar surface area (TPSA) is 73.8 Å². The SMILES string of the molecule is Cc1cccc(C)c1NC(=O)NC1N=C(c2ccccc2F)c2ccccc2N(C)C1=O. The minimum absolute atomic E-state index is 0.255. The number of rotatable bonds is 3. The second kappa shape index (κ2) is 8.63. The number of para-hydroxylation sites is 2. The van der Waals surface area contributed by atoms with E-state index >= 15 is 0 Å². The number of likely N-dealkylation sites (N-methyl/N-ethyl adjacent to an activating group) is 1. The lowest BCUT2D eigenvalue weighted by molar-refractivity contribution is -0.119. The number of aliphatic imine (C=N–C) groups is 1. The van der Waals surface area contributed by atoms with Crippen LogP contribution in [0.5, 0.6) is 0 Å². The van der Waals surface area contributed by atoms with E-state index in [1.54, 1.807) is 49.5 Å². The van der Waals surface area contributed by atoms with Gasteiger partial charge < -0.3 is 15.5 Å². The van der Waals surface area contributed by atoms with Crippen molar-refractivity contribution in [2.24, 2.45) is 4.99 Å². The van der Waals surface area contributed by atoms with Crippen molar-refractivity contribution in [3.63, 3.8) is 0 Å². The van der Waals surface area contributed by atoms with Gasteiger partial charge in [0.15, 0.2) is 0 Å². The Morgan fingerprint density at radius 3 is 2.25 bits per heavy atom. The number of nitrogens with one attached hydrogen (secondary N) is 2. The van der Waals surface area contributed by atoms with E-state index in [0.717, 1.165) is 11.1 Å². The average molecular weight is 430 g/mol. The molecule has 0 saturated carbocycles. The zero-order valence-electron chi connectivity index (χ0n) is 18.0. The predicted molar refractivity (Wildman–Crippen MR) is 124 cm³/mol. The Balaban J connectivity index is 1.73. The number of benzene rings is 3. The lowest BCUT2D eigenvalue weighted by atomic mass is 10.00. The molecule has 0 radical (unpaired) electrons. The zero-order valence-corrected chi connectivity index (χ0v) is 18.0. The molecule has 1 aliphatic heterocycles.